The van der Waals surface area contributed by atoms with Crippen molar-refractivity contribution in [2.24, 2.45) is 0 Å². The van der Waals surface area contributed by atoms with Crippen molar-refractivity contribution in [1.29, 1.82) is 0 Å². The molecule has 0 rings (SSSR count). The van der Waals surface area contributed by atoms with Crippen molar-refractivity contribution in [3.63, 3.8) is 0 Å². The second kappa shape index (κ2) is 25.0. The molecular formula is C26H54O2. The van der Waals surface area contributed by atoms with Gasteiger partial charge in [-0.15, -0.1) is 0 Å². The molecule has 0 fully saturated rings. The Hall–Kier alpha value is -0.0800. The second-order valence-electron chi connectivity index (χ2n) is 8.83. The smallest absolute Gasteiger partial charge is 0.154 e. The summed E-state index contributed by atoms with van der Waals surface area (Å²) in [6, 6.07) is 0. The molecule has 2 heteroatoms. The first kappa shape index (κ1) is 27.9. The Labute approximate surface area is 178 Å². The van der Waals surface area contributed by atoms with Crippen LogP contribution < -0.4 is 0 Å². The highest BCUT2D eigenvalue weighted by Crippen LogP contribution is 2.13. The molecule has 1 atom stereocenters. The Balaban J connectivity index is 3.12. The van der Waals surface area contributed by atoms with E-state index in [4.69, 9.17) is 4.74 Å². The zero-order valence-corrected chi connectivity index (χ0v) is 19.7. The van der Waals surface area contributed by atoms with Gasteiger partial charge in [0.2, 0.25) is 0 Å². The Kier molecular flexibility index (Phi) is 24.9. The summed E-state index contributed by atoms with van der Waals surface area (Å²) >= 11 is 0. The summed E-state index contributed by atoms with van der Waals surface area (Å²) in [5.74, 6) is 0. The molecule has 1 N–H and O–H groups in total. The molecule has 0 aromatic carbocycles. The monoisotopic (exact) mass is 398 g/mol. The Bertz CT molecular complexity index is 267. The number of aliphatic hydroxyl groups excluding tert-OH is 1. The van der Waals surface area contributed by atoms with Crippen LogP contribution in [0.3, 0.4) is 0 Å². The van der Waals surface area contributed by atoms with Crippen molar-refractivity contribution in [3.05, 3.63) is 0 Å². The maximum atomic E-state index is 9.91. The van der Waals surface area contributed by atoms with E-state index in [0.717, 1.165) is 25.9 Å². The van der Waals surface area contributed by atoms with Gasteiger partial charge in [0.05, 0.1) is 0 Å². The average molecular weight is 399 g/mol. The molecule has 0 aromatic rings. The average Bonchev–Trinajstić information content (AvgIpc) is 2.70. The minimum Gasteiger partial charge on any atom is -0.368 e. The molecule has 0 spiro atoms. The van der Waals surface area contributed by atoms with E-state index < -0.39 is 6.29 Å². The largest absolute Gasteiger partial charge is 0.368 e. The minimum atomic E-state index is -0.530. The zero-order chi connectivity index (χ0) is 20.5. The topological polar surface area (TPSA) is 29.5 Å². The van der Waals surface area contributed by atoms with Gasteiger partial charge in [0, 0.05) is 6.61 Å². The van der Waals surface area contributed by atoms with Gasteiger partial charge in [-0.1, -0.05) is 136 Å². The molecule has 170 valence electrons. The summed E-state index contributed by atoms with van der Waals surface area (Å²) in [4.78, 5) is 0. The van der Waals surface area contributed by atoms with E-state index in [1.807, 2.05) is 0 Å². The predicted molar refractivity (Wildman–Crippen MR) is 125 cm³/mol. The van der Waals surface area contributed by atoms with Crippen LogP contribution in [0.15, 0.2) is 0 Å². The van der Waals surface area contributed by atoms with E-state index in [-0.39, 0.29) is 0 Å². The molecule has 0 saturated heterocycles. The van der Waals surface area contributed by atoms with E-state index in [9.17, 15) is 5.11 Å². The Morgan fingerprint density at radius 3 is 1.18 bits per heavy atom. The summed E-state index contributed by atoms with van der Waals surface area (Å²) in [7, 11) is 0. The third kappa shape index (κ3) is 24.0. The van der Waals surface area contributed by atoms with Crippen molar-refractivity contribution >= 4 is 0 Å². The lowest BCUT2D eigenvalue weighted by atomic mass is 10.1. The zero-order valence-electron chi connectivity index (χ0n) is 19.7. The fourth-order valence-electron chi connectivity index (χ4n) is 3.88. The molecule has 0 bridgehead atoms. The lowest BCUT2D eigenvalue weighted by molar-refractivity contribution is -0.105. The highest BCUT2D eigenvalue weighted by Gasteiger charge is 2.03. The summed E-state index contributed by atoms with van der Waals surface area (Å²) in [6.45, 7) is 5.28. The molecule has 0 aromatic heterocycles. The number of aliphatic hydroxyl groups is 1. The number of unbranched alkanes of at least 4 members (excludes halogenated alkanes) is 19. The molecule has 28 heavy (non-hydrogen) atoms. The van der Waals surface area contributed by atoms with Crippen LogP contribution in [0.2, 0.25) is 0 Å². The van der Waals surface area contributed by atoms with Gasteiger partial charge in [0.15, 0.2) is 6.29 Å². The first-order valence-corrected chi connectivity index (χ1v) is 13.1. The molecule has 1 unspecified atom stereocenters. The number of hydrogen-bond donors (Lipinski definition) is 1. The van der Waals surface area contributed by atoms with Crippen molar-refractivity contribution in [2.45, 2.75) is 161 Å². The highest BCUT2D eigenvalue weighted by atomic mass is 16.6. The standard InChI is InChI=1S/C26H54O2/c1-3-5-7-9-11-13-15-17-19-21-23-25-28-26(27)24-22-20-18-16-14-12-10-8-6-4-2/h26-27H,3-25H2,1-2H3. The number of rotatable bonds is 24. The van der Waals surface area contributed by atoms with Crippen molar-refractivity contribution < 1.29 is 9.84 Å². The van der Waals surface area contributed by atoms with Crippen LogP contribution in [0.25, 0.3) is 0 Å². The van der Waals surface area contributed by atoms with E-state index >= 15 is 0 Å². The maximum absolute atomic E-state index is 9.91. The predicted octanol–water partition coefficient (Wildman–Crippen LogP) is 8.94. The third-order valence-corrected chi connectivity index (χ3v) is 5.86. The second-order valence-corrected chi connectivity index (χ2v) is 8.83. The minimum absolute atomic E-state index is 0.530. The van der Waals surface area contributed by atoms with Gasteiger partial charge in [-0.3, -0.25) is 0 Å². The lowest BCUT2D eigenvalue weighted by Gasteiger charge is -2.12. The molecule has 0 aliphatic heterocycles. The van der Waals surface area contributed by atoms with Crippen LogP contribution in [-0.4, -0.2) is 18.0 Å². The Morgan fingerprint density at radius 1 is 0.464 bits per heavy atom. The fourth-order valence-corrected chi connectivity index (χ4v) is 3.88. The van der Waals surface area contributed by atoms with E-state index in [0.29, 0.717) is 0 Å². The summed E-state index contributed by atoms with van der Waals surface area (Å²) in [6.07, 6.45) is 28.6. The number of ether oxygens (including phenoxy) is 1. The molecular weight excluding hydrogens is 344 g/mol. The van der Waals surface area contributed by atoms with Gasteiger partial charge >= 0.3 is 0 Å². The quantitative estimate of drug-likeness (QED) is 0.130. The third-order valence-electron chi connectivity index (χ3n) is 5.86. The van der Waals surface area contributed by atoms with Crippen molar-refractivity contribution in [2.75, 3.05) is 6.61 Å². The molecule has 0 amide bonds. The van der Waals surface area contributed by atoms with Crippen LogP contribution in [0.5, 0.6) is 0 Å². The molecule has 0 aliphatic rings. The van der Waals surface area contributed by atoms with E-state index in [1.165, 1.54) is 122 Å². The van der Waals surface area contributed by atoms with Crippen LogP contribution in [-0.2, 0) is 4.74 Å². The summed E-state index contributed by atoms with van der Waals surface area (Å²) in [5, 5.41) is 9.91. The van der Waals surface area contributed by atoms with Gasteiger partial charge < -0.3 is 9.84 Å². The fraction of sp³-hybridized carbons (Fsp3) is 1.00. The van der Waals surface area contributed by atoms with Crippen LogP contribution in [0, 0.1) is 0 Å². The molecule has 0 saturated carbocycles. The van der Waals surface area contributed by atoms with Crippen LogP contribution >= 0.6 is 0 Å². The van der Waals surface area contributed by atoms with Crippen molar-refractivity contribution in [1.82, 2.24) is 0 Å². The molecule has 2 nitrogen and oxygen atoms in total. The maximum Gasteiger partial charge on any atom is 0.154 e. The molecule has 0 heterocycles. The van der Waals surface area contributed by atoms with Gasteiger partial charge in [0.25, 0.3) is 0 Å². The molecule has 0 radical (unpaired) electrons. The van der Waals surface area contributed by atoms with Gasteiger partial charge in [0.1, 0.15) is 0 Å². The van der Waals surface area contributed by atoms with Gasteiger partial charge in [-0.2, -0.15) is 0 Å². The highest BCUT2D eigenvalue weighted by molar-refractivity contribution is 4.51. The van der Waals surface area contributed by atoms with E-state index in [1.54, 1.807) is 0 Å². The normalized spacial score (nSPS) is 12.5. The van der Waals surface area contributed by atoms with Crippen molar-refractivity contribution in [3.8, 4) is 0 Å². The number of hydrogen-bond acceptors (Lipinski definition) is 2. The first-order chi connectivity index (χ1) is 13.8. The Morgan fingerprint density at radius 2 is 0.786 bits per heavy atom. The SMILES string of the molecule is CCCCCCCCCCCCCOC(O)CCCCCCCCCCCC. The summed E-state index contributed by atoms with van der Waals surface area (Å²) < 4.78 is 5.56. The van der Waals surface area contributed by atoms with Gasteiger partial charge in [-0.05, 0) is 19.3 Å². The first-order valence-electron chi connectivity index (χ1n) is 13.1. The van der Waals surface area contributed by atoms with E-state index in [2.05, 4.69) is 13.8 Å². The van der Waals surface area contributed by atoms with Gasteiger partial charge in [-0.25, -0.2) is 0 Å². The van der Waals surface area contributed by atoms with Crippen LogP contribution in [0.4, 0.5) is 0 Å². The van der Waals surface area contributed by atoms with Crippen LogP contribution in [0.1, 0.15) is 155 Å². The summed E-state index contributed by atoms with van der Waals surface area (Å²) in [5.41, 5.74) is 0. The molecule has 0 aliphatic carbocycles. The lowest BCUT2D eigenvalue weighted by Crippen LogP contribution is -2.12.